The van der Waals surface area contributed by atoms with Crippen LogP contribution in [0.3, 0.4) is 0 Å². The van der Waals surface area contributed by atoms with Gasteiger partial charge in [0.05, 0.1) is 0 Å². The Labute approximate surface area is 850 Å². The molecule has 0 heterocycles. The normalized spacial score (nSPS) is 12.6. The van der Waals surface area contributed by atoms with Gasteiger partial charge in [0.1, 0.15) is 0 Å². The third-order valence-corrected chi connectivity index (χ3v) is 26.7. The van der Waals surface area contributed by atoms with Crippen LogP contribution in [0.2, 0.25) is 0 Å². The predicted molar refractivity (Wildman–Crippen MR) is 622 cm³/mol. The van der Waals surface area contributed by atoms with Gasteiger partial charge in [-0.1, -0.05) is 606 Å². The van der Waals surface area contributed by atoms with Crippen LogP contribution in [0.5, 0.6) is 0 Å². The van der Waals surface area contributed by atoms with E-state index in [1.54, 1.807) is 0 Å². The molecule has 0 aliphatic carbocycles. The van der Waals surface area contributed by atoms with Gasteiger partial charge in [-0.25, -0.2) is 0 Å². The number of rotatable bonds is 6. The van der Waals surface area contributed by atoms with Gasteiger partial charge in [0.15, 0.2) is 0 Å². The molecule has 0 saturated carbocycles. The minimum atomic E-state index is 0.111. The zero-order valence-corrected chi connectivity index (χ0v) is 95.1. The van der Waals surface area contributed by atoms with Crippen molar-refractivity contribution in [1.82, 2.24) is 0 Å². The van der Waals surface area contributed by atoms with Crippen molar-refractivity contribution in [2.45, 2.75) is 374 Å². The van der Waals surface area contributed by atoms with Crippen molar-refractivity contribution in [3.8, 4) is 66.8 Å². The molecule has 0 bridgehead atoms. The van der Waals surface area contributed by atoms with E-state index in [1.165, 1.54) is 161 Å². The van der Waals surface area contributed by atoms with E-state index in [1.807, 2.05) is 0 Å². The van der Waals surface area contributed by atoms with Crippen LogP contribution < -0.4 is 0 Å². The van der Waals surface area contributed by atoms with E-state index in [4.69, 9.17) is 0 Å². The van der Waals surface area contributed by atoms with Gasteiger partial charge in [-0.15, -0.1) is 0 Å². The predicted octanol–water partition coefficient (Wildman–Crippen LogP) is 41.4. The van der Waals surface area contributed by atoms with Gasteiger partial charge >= 0.3 is 0 Å². The summed E-state index contributed by atoms with van der Waals surface area (Å²) < 4.78 is 0. The number of aryl methyl sites for hydroxylation is 1. The molecule has 0 aliphatic heterocycles. The van der Waals surface area contributed by atoms with E-state index in [0.29, 0.717) is 0 Å². The quantitative estimate of drug-likeness (QED) is 0.156. The minimum Gasteiger partial charge on any atom is -0.0622 e. The lowest BCUT2D eigenvalue weighted by atomic mass is 9.78. The van der Waals surface area contributed by atoms with Crippen LogP contribution >= 0.6 is 0 Å². The summed E-state index contributed by atoms with van der Waals surface area (Å²) in [5, 5.41) is 2.80. The van der Waals surface area contributed by atoms with Crippen LogP contribution in [0.15, 0.2) is 322 Å². The van der Waals surface area contributed by atoms with Crippen molar-refractivity contribution in [1.29, 1.82) is 0 Å². The van der Waals surface area contributed by atoms with E-state index < -0.39 is 0 Å². The van der Waals surface area contributed by atoms with Crippen molar-refractivity contribution in [2.75, 3.05) is 0 Å². The van der Waals surface area contributed by atoms with E-state index in [-0.39, 0.29) is 75.8 Å². The summed E-state index contributed by atoms with van der Waals surface area (Å²) in [6.45, 7) is 97.3. The molecule has 139 heavy (non-hydrogen) atoms. The van der Waals surface area contributed by atoms with Gasteiger partial charge in [0.25, 0.3) is 0 Å². The number of benzene rings is 14. The molecule has 14 rings (SSSR count). The average molecular weight is 1850 g/mol. The maximum Gasteiger partial charge on any atom is -0.0126 e. The molecule has 0 nitrogen and oxygen atoms in total. The summed E-state index contributed by atoms with van der Waals surface area (Å²) in [7, 11) is 0. The molecule has 0 unspecified atom stereocenters. The highest BCUT2D eigenvalue weighted by atomic mass is 14.3. The second kappa shape index (κ2) is 44.7. The first-order valence-electron chi connectivity index (χ1n) is 51.5. The standard InChI is InChI=1S/2C26H30.2C20H26.C18H24.C15H24.C14H22/c1-25(2,3)23-15-11-21(12-16-23)19-7-9-20(10-8-19)22-13-17-24(18-14-22)26(4,5)6;1-25(2,3)22-15-12-19(13-16-22)21-14-17-24(26(4,5)6)23(18-21)20-10-8-7-9-11-20;1-19(2,3)17-11-7-15(8-12-17)16-9-13-18(14-10-16)20(4,5)6;1-19(2,3)16-12-13-18(20(4,5)6)17(14-16)15-10-8-7-9-11-15;1-17(2,3)15-11-12-16(18(4,5)6)14-10-8-7-9-13(14)15;1-11-10-12(14(2,3)4)8-9-13(11)15(5,6)7;1-13(2,3)11-7-9-12(10-8-11)14(4,5)6/h2*7-18H,1-6H3;2*7-14H,1-6H3;7-12H,1-6H3;8-10H,1-7H3;7-10H,1-6H3. The Hall–Kier alpha value is -10.7. The summed E-state index contributed by atoms with van der Waals surface area (Å²) in [4.78, 5) is 0. The Morgan fingerprint density at radius 2 is 0.281 bits per heavy atom. The summed E-state index contributed by atoms with van der Waals surface area (Å²) in [6, 6.07) is 118. The molecule has 0 saturated heterocycles. The Kier molecular flexibility index (Phi) is 36.5. The van der Waals surface area contributed by atoms with E-state index in [2.05, 4.69) is 619 Å². The molecular formula is C139H182. The molecule has 0 aliphatic rings. The highest BCUT2D eigenvalue weighted by molar-refractivity contribution is 5.90. The summed E-state index contributed by atoms with van der Waals surface area (Å²) >= 11 is 0. The number of fused-ring (bicyclic) bond motifs is 1. The molecule has 0 aromatic heterocycles. The third kappa shape index (κ3) is 33.0. The molecule has 14 aromatic carbocycles. The zero-order chi connectivity index (χ0) is 104. The van der Waals surface area contributed by atoms with E-state index >= 15 is 0 Å². The summed E-state index contributed by atoms with van der Waals surface area (Å²) in [6.07, 6.45) is 0. The topological polar surface area (TPSA) is 0 Å². The summed E-state index contributed by atoms with van der Waals surface area (Å²) in [5.41, 5.74) is 39.4. The Bertz CT molecular complexity index is 5980. The van der Waals surface area contributed by atoms with Gasteiger partial charge in [-0.05, 0) is 250 Å². The largest absolute Gasteiger partial charge is 0.0622 e. The fourth-order valence-electron chi connectivity index (χ4n) is 17.5. The van der Waals surface area contributed by atoms with Crippen molar-refractivity contribution in [3.63, 3.8) is 0 Å². The first kappa shape index (κ1) is 114. The average Bonchev–Trinajstić information content (AvgIpc) is 0.779. The highest BCUT2D eigenvalue weighted by Crippen LogP contribution is 2.43. The molecule has 14 aromatic rings. The molecule has 0 N–H and O–H groups in total. The van der Waals surface area contributed by atoms with Crippen LogP contribution in [-0.2, 0) is 75.8 Å². The summed E-state index contributed by atoms with van der Waals surface area (Å²) in [5.74, 6) is 0. The smallest absolute Gasteiger partial charge is 0.0126 e. The molecule has 0 atom stereocenters. The maximum absolute atomic E-state index is 2.37. The fourth-order valence-corrected chi connectivity index (χ4v) is 17.5. The molecule has 0 spiro atoms. The molecule has 0 heteroatoms. The number of hydrogen-bond donors (Lipinski definition) is 0. The second-order valence-electron chi connectivity index (χ2n) is 53.5. The van der Waals surface area contributed by atoms with Crippen molar-refractivity contribution < 1.29 is 0 Å². The van der Waals surface area contributed by atoms with Crippen LogP contribution in [0.25, 0.3) is 77.5 Å². The Balaban J connectivity index is 0.000000201. The highest BCUT2D eigenvalue weighted by Gasteiger charge is 2.28. The zero-order valence-electron chi connectivity index (χ0n) is 95.1. The molecule has 0 radical (unpaired) electrons. The van der Waals surface area contributed by atoms with Crippen LogP contribution in [0.4, 0.5) is 0 Å². The first-order valence-corrected chi connectivity index (χ1v) is 51.5. The lowest BCUT2D eigenvalue weighted by Crippen LogP contribution is -2.16. The van der Waals surface area contributed by atoms with Gasteiger partial charge in [0.2, 0.25) is 0 Å². The van der Waals surface area contributed by atoms with Gasteiger partial charge < -0.3 is 0 Å². The van der Waals surface area contributed by atoms with Crippen LogP contribution in [0.1, 0.15) is 374 Å². The number of hydrogen-bond acceptors (Lipinski definition) is 0. The van der Waals surface area contributed by atoms with Gasteiger partial charge in [-0.2, -0.15) is 0 Å². The molecular weight excluding hydrogens is 1670 g/mol. The van der Waals surface area contributed by atoms with Crippen LogP contribution in [-0.4, -0.2) is 0 Å². The second-order valence-corrected chi connectivity index (χ2v) is 53.5. The molecule has 0 fully saturated rings. The maximum atomic E-state index is 2.37. The van der Waals surface area contributed by atoms with E-state index in [0.717, 1.165) is 0 Å². The molecule has 0 amide bonds. The third-order valence-electron chi connectivity index (χ3n) is 26.7. The Morgan fingerprint density at radius 3 is 0.504 bits per heavy atom. The van der Waals surface area contributed by atoms with Gasteiger partial charge in [0, 0.05) is 0 Å². The molecule has 738 valence electrons. The van der Waals surface area contributed by atoms with Crippen molar-refractivity contribution in [3.05, 3.63) is 405 Å². The Morgan fingerprint density at radius 1 is 0.115 bits per heavy atom. The fraction of sp³-hybridized carbons (Fsp3) is 0.410. The monoisotopic (exact) mass is 1850 g/mol. The minimum absolute atomic E-state index is 0.111. The lowest BCUT2D eigenvalue weighted by Gasteiger charge is -2.27. The van der Waals surface area contributed by atoms with E-state index in [9.17, 15) is 0 Å². The lowest BCUT2D eigenvalue weighted by molar-refractivity contribution is 0.573. The SMILES string of the molecule is CC(C)(C)c1ccc(-c2ccc(-c3ccc(C(C)(C)C)cc3)cc2)cc1.CC(C)(C)c1ccc(-c2ccc(C(C)(C)C)c(-c3ccccc3)c2)cc1.CC(C)(C)c1ccc(-c2ccc(C(C)(C)C)cc2)cc1.CC(C)(C)c1ccc(C(C)(C)C)c(-c2ccccc2)c1.CC(C)(C)c1ccc(C(C)(C)C)c2ccccc12.CC(C)(C)c1ccc(C(C)(C)C)cc1.Cc1cc(C(C)(C)C)ccc1C(C)(C)C. The van der Waals surface area contributed by atoms with Crippen molar-refractivity contribution >= 4 is 10.8 Å². The van der Waals surface area contributed by atoms with Gasteiger partial charge in [-0.3, -0.25) is 0 Å². The van der Waals surface area contributed by atoms with Crippen LogP contribution in [0, 0.1) is 6.92 Å². The first-order chi connectivity index (χ1) is 63.7. The van der Waals surface area contributed by atoms with Crippen molar-refractivity contribution in [2.24, 2.45) is 0 Å².